The highest BCUT2D eigenvalue weighted by molar-refractivity contribution is 8.61. The van der Waals surface area contributed by atoms with Crippen LogP contribution in [0.25, 0.3) is 0 Å². The summed E-state index contributed by atoms with van der Waals surface area (Å²) in [4.78, 5) is 0. The first-order valence-corrected chi connectivity index (χ1v) is 7.69. The Morgan fingerprint density at radius 1 is 1.60 bits per heavy atom. The lowest BCUT2D eigenvalue weighted by Gasteiger charge is -2.21. The van der Waals surface area contributed by atoms with E-state index in [2.05, 4.69) is 50.3 Å². The summed E-state index contributed by atoms with van der Waals surface area (Å²) in [5.41, 5.74) is 0.808. The van der Waals surface area contributed by atoms with Crippen LogP contribution in [0.4, 0.5) is 0 Å². The Balaban J connectivity index is 3.05. The molecule has 2 heteroatoms. The zero-order valence-electron chi connectivity index (χ0n) is 7.09. The Morgan fingerprint density at radius 3 is 2.40 bits per heavy atom. The van der Waals surface area contributed by atoms with Gasteiger partial charge in [0.2, 0.25) is 0 Å². The van der Waals surface area contributed by atoms with Crippen LogP contribution in [0.1, 0.15) is 13.8 Å². The van der Waals surface area contributed by atoms with Crippen LogP contribution in [0.5, 0.6) is 0 Å². The molecule has 1 rings (SSSR count). The van der Waals surface area contributed by atoms with Gasteiger partial charge in [-0.15, -0.1) is 11.4 Å². The number of hydrogen-bond donors (Lipinski definition) is 0. The third-order valence-electron chi connectivity index (χ3n) is 2.47. The van der Waals surface area contributed by atoms with Crippen LogP contribution < -0.4 is 0 Å². The monoisotopic (exact) mass is 174 g/mol. The second-order valence-corrected chi connectivity index (χ2v) is 10.2. The van der Waals surface area contributed by atoms with E-state index in [4.69, 9.17) is 0 Å². The predicted molar refractivity (Wildman–Crippen MR) is 55.6 cm³/mol. The summed E-state index contributed by atoms with van der Waals surface area (Å²) in [6.07, 6.45) is 6.12. The molecule has 0 aromatic rings. The van der Waals surface area contributed by atoms with E-state index in [0.717, 1.165) is 5.66 Å². The largest absolute Gasteiger partial charge is 0.138 e. The van der Waals surface area contributed by atoms with Crippen LogP contribution in [-0.2, 0) is 0 Å². The summed E-state index contributed by atoms with van der Waals surface area (Å²) in [5.74, 6) is 0. The van der Waals surface area contributed by atoms with Crippen molar-refractivity contribution in [1.82, 2.24) is 0 Å². The van der Waals surface area contributed by atoms with E-state index >= 15 is 0 Å². The molecule has 2 atom stereocenters. The molecule has 0 aromatic carbocycles. The molecule has 0 fully saturated rings. The molecule has 0 bridgehead atoms. The summed E-state index contributed by atoms with van der Waals surface area (Å²) in [5, 5.41) is 1.62. The van der Waals surface area contributed by atoms with Crippen LogP contribution in [0.3, 0.4) is 0 Å². The average Bonchev–Trinajstić information content (AvgIpc) is 2.18. The van der Waals surface area contributed by atoms with Crippen LogP contribution >= 0.6 is 17.5 Å². The normalized spacial score (nSPS) is 39.2. The lowest BCUT2D eigenvalue weighted by molar-refractivity contribution is 1.24. The Hall–Kier alpha value is 0.390. The van der Waals surface area contributed by atoms with E-state index in [1.54, 1.807) is 5.29 Å². The first-order chi connectivity index (χ1) is 4.61. The molecular formula is C8H15PS. The van der Waals surface area contributed by atoms with Gasteiger partial charge >= 0.3 is 0 Å². The fourth-order valence-electron chi connectivity index (χ4n) is 1.22. The van der Waals surface area contributed by atoms with Crippen molar-refractivity contribution >= 4 is 22.8 Å². The maximum absolute atomic E-state index is 2.43. The minimum absolute atomic E-state index is 0.761. The Bertz CT molecular complexity index is 215. The van der Waals surface area contributed by atoms with Gasteiger partial charge < -0.3 is 0 Å². The maximum atomic E-state index is 2.43. The summed E-state index contributed by atoms with van der Waals surface area (Å²) in [6.45, 7) is 7.03. The van der Waals surface area contributed by atoms with Gasteiger partial charge in [-0.05, 0) is 31.2 Å². The standard InChI is InChI=1S/C8H15PS/c1-7-5-6-8(2)9(7,3)10-4/h5-7H,1-4H3. The topological polar surface area (TPSA) is 0 Å². The highest BCUT2D eigenvalue weighted by Crippen LogP contribution is 2.63. The minimum Gasteiger partial charge on any atom is -0.138 e. The molecule has 0 aromatic heterocycles. The van der Waals surface area contributed by atoms with Crippen molar-refractivity contribution in [1.29, 1.82) is 0 Å². The van der Waals surface area contributed by atoms with Crippen LogP contribution in [0.2, 0.25) is 0 Å². The second-order valence-electron chi connectivity index (χ2n) is 2.91. The van der Waals surface area contributed by atoms with Gasteiger partial charge in [-0.3, -0.25) is 0 Å². The van der Waals surface area contributed by atoms with Gasteiger partial charge in [0.05, 0.1) is 0 Å². The third-order valence-corrected chi connectivity index (χ3v) is 10.6. The Labute approximate surface area is 67.8 Å². The van der Waals surface area contributed by atoms with Gasteiger partial charge in [-0.25, -0.2) is 0 Å². The van der Waals surface area contributed by atoms with Gasteiger partial charge in [0.15, 0.2) is 0 Å². The van der Waals surface area contributed by atoms with E-state index in [1.807, 2.05) is 0 Å². The van der Waals surface area contributed by atoms with Gasteiger partial charge in [0.1, 0.15) is 0 Å². The van der Waals surface area contributed by atoms with Gasteiger partial charge in [0, 0.05) is 5.66 Å². The van der Waals surface area contributed by atoms with E-state index in [-0.39, 0.29) is 0 Å². The number of allylic oxidation sites excluding steroid dienone is 2. The Kier molecular flexibility index (Phi) is 2.37. The summed E-state index contributed by atoms with van der Waals surface area (Å²) in [7, 11) is 0. The number of rotatable bonds is 1. The fourth-order valence-corrected chi connectivity index (χ4v) is 5.54. The van der Waals surface area contributed by atoms with Crippen LogP contribution in [0.15, 0.2) is 12.2 Å². The van der Waals surface area contributed by atoms with Crippen molar-refractivity contribution in [2.75, 3.05) is 12.9 Å². The van der Waals surface area contributed by atoms with Gasteiger partial charge in [-0.1, -0.05) is 19.1 Å². The molecule has 0 aliphatic carbocycles. The SMILES string of the molecule is CSP1(C)=C(C)C=CC1C. The summed E-state index contributed by atoms with van der Waals surface area (Å²) in [6, 6.07) is 0. The molecule has 0 nitrogen and oxygen atoms in total. The molecule has 1 aliphatic heterocycles. The third kappa shape index (κ3) is 1.10. The predicted octanol–water partition coefficient (Wildman–Crippen LogP) is 3.06. The first kappa shape index (κ1) is 8.49. The fraction of sp³-hybridized carbons (Fsp3) is 0.625. The smallest absolute Gasteiger partial charge is 0.00294 e. The van der Waals surface area contributed by atoms with Crippen molar-refractivity contribution in [2.24, 2.45) is 0 Å². The molecule has 0 saturated heterocycles. The zero-order chi connectivity index (χ0) is 7.78. The molecule has 1 aliphatic rings. The lowest BCUT2D eigenvalue weighted by Crippen LogP contribution is -1.94. The van der Waals surface area contributed by atoms with Gasteiger partial charge in [0.25, 0.3) is 0 Å². The zero-order valence-corrected chi connectivity index (χ0v) is 8.80. The van der Waals surface area contributed by atoms with Crippen LogP contribution in [-0.4, -0.2) is 23.9 Å². The van der Waals surface area contributed by atoms with Crippen molar-refractivity contribution in [3.8, 4) is 0 Å². The Morgan fingerprint density at radius 2 is 2.20 bits per heavy atom. The summed E-state index contributed by atoms with van der Waals surface area (Å²) < 4.78 is 0. The van der Waals surface area contributed by atoms with E-state index < -0.39 is 6.09 Å². The summed E-state index contributed by atoms with van der Waals surface area (Å²) >= 11 is 2.06. The molecule has 0 amide bonds. The molecule has 0 radical (unpaired) electrons. The van der Waals surface area contributed by atoms with E-state index in [0.29, 0.717) is 0 Å². The second kappa shape index (κ2) is 2.79. The average molecular weight is 174 g/mol. The van der Waals surface area contributed by atoms with E-state index in [1.165, 1.54) is 0 Å². The molecule has 0 spiro atoms. The highest BCUT2D eigenvalue weighted by atomic mass is 32.7. The minimum atomic E-state index is -0.761. The molecule has 0 N–H and O–H groups in total. The molecule has 10 heavy (non-hydrogen) atoms. The molecule has 58 valence electrons. The molecule has 0 saturated carbocycles. The quantitative estimate of drug-likeness (QED) is 0.550. The lowest BCUT2D eigenvalue weighted by atomic mass is 10.4. The van der Waals surface area contributed by atoms with E-state index in [9.17, 15) is 0 Å². The highest BCUT2D eigenvalue weighted by Gasteiger charge is 2.22. The first-order valence-electron chi connectivity index (χ1n) is 3.55. The van der Waals surface area contributed by atoms with Crippen molar-refractivity contribution in [3.63, 3.8) is 0 Å². The molecular weight excluding hydrogens is 159 g/mol. The molecule has 1 heterocycles. The van der Waals surface area contributed by atoms with Crippen molar-refractivity contribution in [2.45, 2.75) is 19.5 Å². The van der Waals surface area contributed by atoms with Gasteiger partial charge in [-0.2, -0.15) is 0 Å². The molecule has 2 unspecified atom stereocenters. The van der Waals surface area contributed by atoms with Crippen molar-refractivity contribution in [3.05, 3.63) is 12.2 Å². The number of hydrogen-bond acceptors (Lipinski definition) is 1. The van der Waals surface area contributed by atoms with Crippen molar-refractivity contribution < 1.29 is 0 Å². The maximum Gasteiger partial charge on any atom is 0.00294 e. The van der Waals surface area contributed by atoms with Crippen LogP contribution in [0, 0.1) is 0 Å².